The Kier molecular flexibility index (Phi) is 3.32. The first kappa shape index (κ1) is 12.6. The first-order chi connectivity index (χ1) is 7.88. The fraction of sp³-hybridized carbons (Fsp3) is 0.667. The fourth-order valence-corrected chi connectivity index (χ4v) is 2.84. The Balaban J connectivity index is 2.04. The summed E-state index contributed by atoms with van der Waals surface area (Å²) in [5.41, 5.74) is 3.84. The van der Waals surface area contributed by atoms with Crippen LogP contribution in [-0.4, -0.2) is 25.8 Å². The molecule has 0 aromatic carbocycles. The quantitative estimate of drug-likeness (QED) is 0.868. The van der Waals surface area contributed by atoms with Gasteiger partial charge in [0.25, 0.3) is 0 Å². The van der Waals surface area contributed by atoms with E-state index in [0.29, 0.717) is 12.6 Å². The van der Waals surface area contributed by atoms with Gasteiger partial charge in [-0.25, -0.2) is 13.1 Å². The van der Waals surface area contributed by atoms with E-state index in [4.69, 9.17) is 0 Å². The number of hydrogen-bond donors (Lipinski definition) is 1. The second kappa shape index (κ2) is 4.46. The van der Waals surface area contributed by atoms with Crippen molar-refractivity contribution in [3.63, 3.8) is 0 Å². The number of aryl methyl sites for hydroxylation is 1. The van der Waals surface area contributed by atoms with Crippen LogP contribution in [0.2, 0.25) is 0 Å². The van der Waals surface area contributed by atoms with E-state index in [-0.39, 0.29) is 0 Å². The molecule has 1 aromatic rings. The average Bonchev–Trinajstić information content (AvgIpc) is 2.95. The molecule has 96 valence electrons. The number of aromatic nitrogens is 1. The van der Waals surface area contributed by atoms with Crippen LogP contribution < -0.4 is 4.72 Å². The van der Waals surface area contributed by atoms with E-state index < -0.39 is 10.0 Å². The van der Waals surface area contributed by atoms with E-state index in [1.54, 1.807) is 0 Å². The van der Waals surface area contributed by atoms with Gasteiger partial charge in [-0.2, -0.15) is 0 Å². The molecule has 0 bridgehead atoms. The van der Waals surface area contributed by atoms with Crippen LogP contribution in [-0.2, 0) is 16.4 Å². The summed E-state index contributed by atoms with van der Waals surface area (Å²) < 4.78 is 26.9. The zero-order valence-corrected chi connectivity index (χ0v) is 11.5. The lowest BCUT2D eigenvalue weighted by molar-refractivity contribution is 0.587. The van der Waals surface area contributed by atoms with E-state index in [0.717, 1.165) is 6.42 Å². The predicted molar refractivity (Wildman–Crippen MR) is 68.7 cm³/mol. The first-order valence-corrected chi connectivity index (χ1v) is 7.89. The molecule has 0 spiro atoms. The third kappa shape index (κ3) is 3.10. The predicted octanol–water partition coefficient (Wildman–Crippen LogP) is 1.53. The Morgan fingerprint density at radius 1 is 1.41 bits per heavy atom. The summed E-state index contributed by atoms with van der Waals surface area (Å²) in [6.45, 7) is 4.73. The van der Waals surface area contributed by atoms with Crippen molar-refractivity contribution < 1.29 is 8.42 Å². The van der Waals surface area contributed by atoms with Crippen molar-refractivity contribution in [1.29, 1.82) is 0 Å². The third-order valence-corrected chi connectivity index (χ3v) is 3.99. The van der Waals surface area contributed by atoms with Gasteiger partial charge in [0.2, 0.25) is 10.0 Å². The molecule has 17 heavy (non-hydrogen) atoms. The molecule has 0 unspecified atom stereocenters. The number of nitrogens with one attached hydrogen (secondary N) is 1. The molecule has 5 heteroatoms. The minimum absolute atomic E-state index is 0.480. The van der Waals surface area contributed by atoms with Crippen LogP contribution in [0.4, 0.5) is 0 Å². The molecule has 1 aliphatic rings. The van der Waals surface area contributed by atoms with Gasteiger partial charge in [-0.3, -0.25) is 0 Å². The molecule has 0 atom stereocenters. The molecule has 1 fully saturated rings. The first-order valence-electron chi connectivity index (χ1n) is 6.00. The minimum atomic E-state index is -3.07. The van der Waals surface area contributed by atoms with Crippen LogP contribution in [0.1, 0.15) is 35.8 Å². The van der Waals surface area contributed by atoms with E-state index >= 15 is 0 Å². The maximum Gasteiger partial charge on any atom is 0.208 e. The highest BCUT2D eigenvalue weighted by Crippen LogP contribution is 2.38. The van der Waals surface area contributed by atoms with Crippen molar-refractivity contribution in [2.75, 3.05) is 12.8 Å². The summed E-state index contributed by atoms with van der Waals surface area (Å²) in [5, 5.41) is 0. The Hall–Kier alpha value is -0.810. The van der Waals surface area contributed by atoms with Crippen LogP contribution in [0.5, 0.6) is 0 Å². The SMILES string of the molecule is Cc1cc(CCNS(C)(=O)=O)c(C)n1C1CC1. The van der Waals surface area contributed by atoms with Gasteiger partial charge in [-0.1, -0.05) is 0 Å². The molecule has 2 rings (SSSR count). The molecule has 0 amide bonds. The van der Waals surface area contributed by atoms with Crippen molar-refractivity contribution in [3.05, 3.63) is 23.0 Å². The van der Waals surface area contributed by atoms with Crippen LogP contribution in [0.25, 0.3) is 0 Å². The molecular weight excluding hydrogens is 236 g/mol. The number of sulfonamides is 1. The van der Waals surface area contributed by atoms with Crippen molar-refractivity contribution in [2.45, 2.75) is 39.2 Å². The van der Waals surface area contributed by atoms with E-state index in [9.17, 15) is 8.42 Å². The van der Waals surface area contributed by atoms with E-state index in [1.165, 1.54) is 36.0 Å². The highest BCUT2D eigenvalue weighted by molar-refractivity contribution is 7.88. The van der Waals surface area contributed by atoms with Crippen LogP contribution in [0, 0.1) is 13.8 Å². The molecule has 4 nitrogen and oxygen atoms in total. The second-order valence-corrected chi connectivity index (χ2v) is 6.75. The molecule has 1 heterocycles. The molecule has 1 aromatic heterocycles. The van der Waals surface area contributed by atoms with Crippen LogP contribution in [0.3, 0.4) is 0 Å². The lowest BCUT2D eigenvalue weighted by Gasteiger charge is -2.08. The van der Waals surface area contributed by atoms with Gasteiger partial charge < -0.3 is 4.57 Å². The van der Waals surface area contributed by atoms with Crippen molar-refractivity contribution in [3.8, 4) is 0 Å². The van der Waals surface area contributed by atoms with E-state index in [1.807, 2.05) is 0 Å². The van der Waals surface area contributed by atoms with Crippen molar-refractivity contribution in [1.82, 2.24) is 9.29 Å². The lowest BCUT2D eigenvalue weighted by atomic mass is 10.2. The van der Waals surface area contributed by atoms with Crippen molar-refractivity contribution in [2.24, 2.45) is 0 Å². The Bertz CT molecular complexity index is 513. The molecule has 0 saturated heterocycles. The van der Waals surface area contributed by atoms with Gasteiger partial charge >= 0.3 is 0 Å². The summed E-state index contributed by atoms with van der Waals surface area (Å²) in [5.74, 6) is 0. The fourth-order valence-electron chi connectivity index (χ4n) is 2.36. The summed E-state index contributed by atoms with van der Waals surface area (Å²) in [7, 11) is -3.07. The molecule has 1 N–H and O–H groups in total. The monoisotopic (exact) mass is 256 g/mol. The lowest BCUT2D eigenvalue weighted by Crippen LogP contribution is -2.24. The zero-order valence-electron chi connectivity index (χ0n) is 10.7. The second-order valence-electron chi connectivity index (χ2n) is 4.91. The number of nitrogens with zero attached hydrogens (tertiary/aromatic N) is 1. The van der Waals surface area contributed by atoms with Gasteiger partial charge in [-0.05, 0) is 44.7 Å². The maximum atomic E-state index is 11.0. The third-order valence-electron chi connectivity index (χ3n) is 3.26. The Morgan fingerprint density at radius 2 is 2.06 bits per heavy atom. The van der Waals surface area contributed by atoms with Gasteiger partial charge in [-0.15, -0.1) is 0 Å². The van der Waals surface area contributed by atoms with Crippen LogP contribution >= 0.6 is 0 Å². The number of rotatable bonds is 5. The minimum Gasteiger partial charge on any atom is -0.346 e. The topological polar surface area (TPSA) is 51.1 Å². The smallest absolute Gasteiger partial charge is 0.208 e. The van der Waals surface area contributed by atoms with Crippen LogP contribution in [0.15, 0.2) is 6.07 Å². The normalized spacial score (nSPS) is 16.4. The highest BCUT2D eigenvalue weighted by Gasteiger charge is 2.26. The molecule has 0 radical (unpaired) electrons. The highest BCUT2D eigenvalue weighted by atomic mass is 32.2. The molecule has 1 aliphatic carbocycles. The van der Waals surface area contributed by atoms with Gasteiger partial charge in [0.15, 0.2) is 0 Å². The van der Waals surface area contributed by atoms with E-state index in [2.05, 4.69) is 29.2 Å². The molecule has 1 saturated carbocycles. The largest absolute Gasteiger partial charge is 0.346 e. The summed E-state index contributed by atoms with van der Waals surface area (Å²) in [4.78, 5) is 0. The number of hydrogen-bond acceptors (Lipinski definition) is 2. The van der Waals surface area contributed by atoms with Gasteiger partial charge in [0, 0.05) is 24.0 Å². The summed E-state index contributed by atoms with van der Waals surface area (Å²) in [6, 6.07) is 2.86. The maximum absolute atomic E-state index is 11.0. The molecule has 0 aliphatic heterocycles. The van der Waals surface area contributed by atoms with Gasteiger partial charge in [0.1, 0.15) is 0 Å². The van der Waals surface area contributed by atoms with Gasteiger partial charge in [0.05, 0.1) is 6.26 Å². The zero-order chi connectivity index (χ0) is 12.6. The summed E-state index contributed by atoms with van der Waals surface area (Å²) in [6.07, 6.45) is 4.51. The Morgan fingerprint density at radius 3 is 2.59 bits per heavy atom. The average molecular weight is 256 g/mol. The molecular formula is C12H20N2O2S. The summed E-state index contributed by atoms with van der Waals surface area (Å²) >= 11 is 0. The van der Waals surface area contributed by atoms with Crippen molar-refractivity contribution >= 4 is 10.0 Å². The Labute approximate surface area is 103 Å². The standard InChI is InChI=1S/C12H20N2O2S/c1-9-8-11(6-7-13-17(3,15)16)10(2)14(9)12-4-5-12/h8,12-13H,4-7H2,1-3H3.